The SMILES string of the molecule is CC1CCN(CCCNC(=O)c2ccc(C3SCC(=O)N3Cc3ccccc3)cc2)CC1. The first-order chi connectivity index (χ1) is 15.6. The average Bonchev–Trinajstić information content (AvgIpc) is 3.18. The lowest BCUT2D eigenvalue weighted by molar-refractivity contribution is -0.128. The van der Waals surface area contributed by atoms with Crippen LogP contribution < -0.4 is 5.32 Å². The first-order valence-corrected chi connectivity index (χ1v) is 12.7. The Bertz CT molecular complexity index is 895. The number of thioether (sulfide) groups is 1. The zero-order chi connectivity index (χ0) is 22.3. The summed E-state index contributed by atoms with van der Waals surface area (Å²) in [6, 6.07) is 17.8. The van der Waals surface area contributed by atoms with E-state index in [2.05, 4.69) is 17.1 Å². The second kappa shape index (κ2) is 11.0. The van der Waals surface area contributed by atoms with Crippen molar-refractivity contribution in [2.75, 3.05) is 31.9 Å². The van der Waals surface area contributed by atoms with Crippen LogP contribution in [0, 0.1) is 5.92 Å². The van der Waals surface area contributed by atoms with Crippen molar-refractivity contribution in [3.63, 3.8) is 0 Å². The third-order valence-corrected chi connectivity index (χ3v) is 7.69. The van der Waals surface area contributed by atoms with Crippen molar-refractivity contribution in [1.29, 1.82) is 0 Å². The molecule has 1 unspecified atom stereocenters. The number of piperidine rings is 1. The fourth-order valence-corrected chi connectivity index (χ4v) is 5.56. The van der Waals surface area contributed by atoms with Crippen LogP contribution in [0.1, 0.15) is 53.0 Å². The van der Waals surface area contributed by atoms with Gasteiger partial charge in [0.15, 0.2) is 0 Å². The normalized spacial score (nSPS) is 20.0. The Balaban J connectivity index is 1.27. The number of amides is 2. The Morgan fingerprint density at radius 2 is 1.78 bits per heavy atom. The van der Waals surface area contributed by atoms with Gasteiger partial charge in [-0.2, -0.15) is 0 Å². The van der Waals surface area contributed by atoms with Crippen LogP contribution in [0.4, 0.5) is 0 Å². The van der Waals surface area contributed by atoms with Crippen molar-refractivity contribution in [3.05, 3.63) is 71.3 Å². The third kappa shape index (κ3) is 5.93. The molecule has 6 heteroatoms. The highest BCUT2D eigenvalue weighted by Crippen LogP contribution is 2.39. The molecule has 0 spiro atoms. The Hall–Kier alpha value is -2.31. The summed E-state index contributed by atoms with van der Waals surface area (Å²) in [5, 5.41) is 3.04. The smallest absolute Gasteiger partial charge is 0.251 e. The molecule has 2 aliphatic heterocycles. The molecule has 2 fully saturated rings. The van der Waals surface area contributed by atoms with E-state index in [9.17, 15) is 9.59 Å². The van der Waals surface area contributed by atoms with Gasteiger partial charge in [-0.15, -0.1) is 11.8 Å². The molecule has 4 rings (SSSR count). The Morgan fingerprint density at radius 3 is 2.50 bits per heavy atom. The van der Waals surface area contributed by atoms with E-state index in [0.29, 0.717) is 24.4 Å². The summed E-state index contributed by atoms with van der Waals surface area (Å²) in [4.78, 5) is 29.4. The summed E-state index contributed by atoms with van der Waals surface area (Å²) >= 11 is 1.65. The molecule has 5 nitrogen and oxygen atoms in total. The molecule has 0 aromatic heterocycles. The average molecular weight is 452 g/mol. The largest absolute Gasteiger partial charge is 0.352 e. The Labute approximate surface area is 195 Å². The van der Waals surface area contributed by atoms with Crippen molar-refractivity contribution < 1.29 is 9.59 Å². The standard InChI is InChI=1S/C26H33N3O2S/c1-20-12-16-28(17-13-20)15-5-14-27-25(31)22-8-10-23(11-9-22)26-29(24(30)19-32-26)18-21-6-3-2-4-7-21/h2-4,6-11,20,26H,5,12-19H2,1H3,(H,27,31). The fourth-order valence-electron chi connectivity index (χ4n) is 4.37. The van der Waals surface area contributed by atoms with Crippen molar-refractivity contribution in [2.24, 2.45) is 5.92 Å². The van der Waals surface area contributed by atoms with Crippen LogP contribution >= 0.6 is 11.8 Å². The summed E-state index contributed by atoms with van der Waals surface area (Å²) in [5.74, 6) is 1.48. The van der Waals surface area contributed by atoms with Gasteiger partial charge in [0.05, 0.1) is 5.75 Å². The molecule has 0 bridgehead atoms. The quantitative estimate of drug-likeness (QED) is 0.608. The van der Waals surface area contributed by atoms with Crippen LogP contribution in [0.15, 0.2) is 54.6 Å². The zero-order valence-corrected chi connectivity index (χ0v) is 19.7. The zero-order valence-electron chi connectivity index (χ0n) is 18.8. The Kier molecular flexibility index (Phi) is 7.87. The minimum atomic E-state index is -0.0277. The molecule has 2 amide bonds. The van der Waals surface area contributed by atoms with Crippen LogP contribution in [0.2, 0.25) is 0 Å². The highest BCUT2D eigenvalue weighted by molar-refractivity contribution is 8.00. The van der Waals surface area contributed by atoms with Crippen LogP contribution in [-0.4, -0.2) is 53.5 Å². The van der Waals surface area contributed by atoms with E-state index < -0.39 is 0 Å². The van der Waals surface area contributed by atoms with E-state index in [1.165, 1.54) is 25.9 Å². The molecular weight excluding hydrogens is 418 g/mol. The molecule has 0 radical (unpaired) electrons. The molecule has 2 aliphatic rings. The maximum atomic E-state index is 12.5. The summed E-state index contributed by atoms with van der Waals surface area (Å²) < 4.78 is 0. The van der Waals surface area contributed by atoms with Crippen molar-refractivity contribution in [1.82, 2.24) is 15.1 Å². The van der Waals surface area contributed by atoms with E-state index in [1.54, 1.807) is 11.8 Å². The fraction of sp³-hybridized carbons (Fsp3) is 0.462. The summed E-state index contributed by atoms with van der Waals surface area (Å²) in [7, 11) is 0. The second-order valence-corrected chi connectivity index (χ2v) is 9.99. The molecule has 170 valence electrons. The molecule has 1 atom stereocenters. The van der Waals surface area contributed by atoms with Gasteiger partial charge in [0.25, 0.3) is 5.91 Å². The van der Waals surface area contributed by atoms with Gasteiger partial charge in [-0.1, -0.05) is 49.4 Å². The number of benzene rings is 2. The number of hydrogen-bond acceptors (Lipinski definition) is 4. The molecule has 2 heterocycles. The van der Waals surface area contributed by atoms with Crippen LogP contribution in [0.3, 0.4) is 0 Å². The molecule has 1 N–H and O–H groups in total. The van der Waals surface area contributed by atoms with Gasteiger partial charge in [-0.3, -0.25) is 9.59 Å². The lowest BCUT2D eigenvalue weighted by Crippen LogP contribution is -2.35. The van der Waals surface area contributed by atoms with Crippen molar-refractivity contribution in [3.8, 4) is 0 Å². The van der Waals surface area contributed by atoms with E-state index in [4.69, 9.17) is 0 Å². The van der Waals surface area contributed by atoms with Crippen LogP contribution in [0.5, 0.6) is 0 Å². The first-order valence-electron chi connectivity index (χ1n) is 11.7. The van der Waals surface area contributed by atoms with Gasteiger partial charge < -0.3 is 15.1 Å². The highest BCUT2D eigenvalue weighted by Gasteiger charge is 2.32. The van der Waals surface area contributed by atoms with Crippen molar-refractivity contribution >= 4 is 23.6 Å². The van der Waals surface area contributed by atoms with Gasteiger partial charge in [-0.25, -0.2) is 0 Å². The summed E-state index contributed by atoms with van der Waals surface area (Å²) in [5.41, 5.74) is 2.86. The number of nitrogens with zero attached hydrogens (tertiary/aromatic N) is 2. The number of likely N-dealkylation sites (tertiary alicyclic amines) is 1. The van der Waals surface area contributed by atoms with Gasteiger partial charge in [-0.05, 0) is 68.1 Å². The molecule has 0 saturated carbocycles. The molecule has 2 aromatic carbocycles. The topological polar surface area (TPSA) is 52.7 Å². The predicted molar refractivity (Wildman–Crippen MR) is 130 cm³/mol. The number of carbonyl (C=O) groups is 2. The summed E-state index contributed by atoms with van der Waals surface area (Å²) in [6.07, 6.45) is 3.55. The Morgan fingerprint density at radius 1 is 1.06 bits per heavy atom. The number of carbonyl (C=O) groups excluding carboxylic acids is 2. The lowest BCUT2D eigenvalue weighted by atomic mass is 9.99. The van der Waals surface area contributed by atoms with E-state index >= 15 is 0 Å². The minimum absolute atomic E-state index is 0.00733. The maximum absolute atomic E-state index is 12.5. The number of hydrogen-bond donors (Lipinski definition) is 1. The van der Waals surface area contributed by atoms with Gasteiger partial charge in [0, 0.05) is 18.7 Å². The minimum Gasteiger partial charge on any atom is -0.352 e. The van der Waals surface area contributed by atoms with Crippen LogP contribution in [-0.2, 0) is 11.3 Å². The highest BCUT2D eigenvalue weighted by atomic mass is 32.2. The van der Waals surface area contributed by atoms with Gasteiger partial charge in [0.1, 0.15) is 5.37 Å². The number of rotatable bonds is 8. The second-order valence-electron chi connectivity index (χ2n) is 8.93. The van der Waals surface area contributed by atoms with E-state index in [-0.39, 0.29) is 17.2 Å². The molecule has 2 aromatic rings. The van der Waals surface area contributed by atoms with Gasteiger partial charge in [0.2, 0.25) is 5.91 Å². The first kappa shape index (κ1) is 22.9. The van der Waals surface area contributed by atoms with Crippen LogP contribution in [0.25, 0.3) is 0 Å². The molecule has 2 saturated heterocycles. The molecule has 32 heavy (non-hydrogen) atoms. The van der Waals surface area contributed by atoms with E-state index in [0.717, 1.165) is 30.0 Å². The molecular formula is C26H33N3O2S. The monoisotopic (exact) mass is 451 g/mol. The third-order valence-electron chi connectivity index (χ3n) is 6.43. The number of nitrogens with one attached hydrogen (secondary N) is 1. The maximum Gasteiger partial charge on any atom is 0.251 e. The van der Waals surface area contributed by atoms with E-state index in [1.807, 2.05) is 59.5 Å². The lowest BCUT2D eigenvalue weighted by Gasteiger charge is -2.30. The summed E-state index contributed by atoms with van der Waals surface area (Å²) in [6.45, 7) is 7.04. The molecule has 0 aliphatic carbocycles. The predicted octanol–water partition coefficient (Wildman–Crippen LogP) is 4.31. The van der Waals surface area contributed by atoms with Crippen molar-refractivity contribution in [2.45, 2.75) is 38.1 Å². The van der Waals surface area contributed by atoms with Gasteiger partial charge >= 0.3 is 0 Å².